The molecule has 0 bridgehead atoms. The van der Waals surface area contributed by atoms with Crippen LogP contribution in [0.4, 0.5) is 15.8 Å². The fourth-order valence-corrected chi connectivity index (χ4v) is 3.77. The summed E-state index contributed by atoms with van der Waals surface area (Å²) < 4.78 is 15.5. The summed E-state index contributed by atoms with van der Waals surface area (Å²) >= 11 is 18.0. The van der Waals surface area contributed by atoms with Gasteiger partial charge in [0.1, 0.15) is 11.6 Å². The maximum Gasteiger partial charge on any atom is 0.199 e. The van der Waals surface area contributed by atoms with Gasteiger partial charge < -0.3 is 5.32 Å². The Bertz CT molecular complexity index is 1200. The monoisotopic (exact) mass is 444 g/mol. The molecule has 0 spiro atoms. The lowest BCUT2D eigenvalue weighted by atomic mass is 10.1. The van der Waals surface area contributed by atoms with E-state index < -0.39 is 0 Å². The van der Waals surface area contributed by atoms with E-state index in [0.717, 1.165) is 16.9 Å². The molecule has 0 amide bonds. The molecule has 0 aliphatic heterocycles. The van der Waals surface area contributed by atoms with E-state index >= 15 is 0 Å². The van der Waals surface area contributed by atoms with Crippen LogP contribution < -0.4 is 5.32 Å². The van der Waals surface area contributed by atoms with E-state index in [-0.39, 0.29) is 5.82 Å². The van der Waals surface area contributed by atoms with Crippen molar-refractivity contribution in [3.05, 3.63) is 98.8 Å². The van der Waals surface area contributed by atoms with Gasteiger partial charge >= 0.3 is 0 Å². The molecule has 1 heterocycles. The second-order valence-corrected chi connectivity index (χ2v) is 7.51. The summed E-state index contributed by atoms with van der Waals surface area (Å²) in [7, 11) is 0. The average Bonchev–Trinajstić information content (AvgIpc) is 3.07. The van der Waals surface area contributed by atoms with Crippen molar-refractivity contribution in [2.75, 3.05) is 5.32 Å². The molecule has 4 aromatic rings. The number of H-pyrrole nitrogens is 1. The Morgan fingerprint density at radius 1 is 0.966 bits per heavy atom. The number of nitrogens with one attached hydrogen (secondary N) is 2. The summed E-state index contributed by atoms with van der Waals surface area (Å²) in [4.78, 5) is 0. The first kappa shape index (κ1) is 19.6. The zero-order valence-corrected chi connectivity index (χ0v) is 17.3. The fraction of sp³-hybridized carbons (Fsp3) is 0.0476. The van der Waals surface area contributed by atoms with Crippen LogP contribution in [0.3, 0.4) is 0 Å². The number of aromatic amines is 1. The molecule has 0 atom stereocenters. The van der Waals surface area contributed by atoms with E-state index in [0.29, 0.717) is 32.7 Å². The standard InChI is InChI=1S/C21H15Cl2FN4S/c22-16-5-3-6-17(23)20(16)25-18-7-2-1-4-13(18)12-19-26-27-21(29)28(19)15-10-8-14(24)9-11-15/h1-11,25H,12H2,(H,27,29). The Balaban J connectivity index is 1.70. The van der Waals surface area contributed by atoms with Crippen LogP contribution in [-0.4, -0.2) is 14.8 Å². The van der Waals surface area contributed by atoms with Gasteiger partial charge in [-0.1, -0.05) is 47.5 Å². The van der Waals surface area contributed by atoms with E-state index in [1.807, 2.05) is 24.3 Å². The normalized spacial score (nSPS) is 10.9. The molecule has 0 unspecified atom stereocenters. The van der Waals surface area contributed by atoms with Crippen molar-refractivity contribution in [1.29, 1.82) is 0 Å². The van der Waals surface area contributed by atoms with Gasteiger partial charge in [-0.2, -0.15) is 5.10 Å². The van der Waals surface area contributed by atoms with Gasteiger partial charge in [-0.25, -0.2) is 4.39 Å². The van der Waals surface area contributed by atoms with Crippen molar-refractivity contribution in [3.8, 4) is 5.69 Å². The smallest absolute Gasteiger partial charge is 0.199 e. The molecular formula is C21H15Cl2FN4S. The summed E-state index contributed by atoms with van der Waals surface area (Å²) in [6, 6.07) is 19.3. The molecule has 2 N–H and O–H groups in total. The zero-order chi connectivity index (χ0) is 20.4. The SMILES string of the molecule is Fc1ccc(-n2c(Cc3ccccc3Nc3c(Cl)cccc3Cl)n[nH]c2=S)cc1. The highest BCUT2D eigenvalue weighted by atomic mass is 35.5. The first-order valence-corrected chi connectivity index (χ1v) is 9.90. The van der Waals surface area contributed by atoms with Gasteiger partial charge in [0.25, 0.3) is 0 Å². The molecule has 1 aromatic heterocycles. The highest BCUT2D eigenvalue weighted by Gasteiger charge is 2.13. The van der Waals surface area contributed by atoms with E-state index in [9.17, 15) is 4.39 Å². The van der Waals surface area contributed by atoms with Gasteiger partial charge in [-0.3, -0.25) is 9.67 Å². The topological polar surface area (TPSA) is 45.6 Å². The summed E-state index contributed by atoms with van der Waals surface area (Å²) in [5, 5.41) is 11.6. The largest absolute Gasteiger partial charge is 0.353 e. The number of hydrogen-bond donors (Lipinski definition) is 2. The van der Waals surface area contributed by atoms with Gasteiger partial charge in [-0.15, -0.1) is 0 Å². The molecule has 8 heteroatoms. The summed E-state index contributed by atoms with van der Waals surface area (Å²) in [6.07, 6.45) is 0.482. The molecule has 4 nitrogen and oxygen atoms in total. The quantitative estimate of drug-likeness (QED) is 0.336. The number of aromatic nitrogens is 3. The molecule has 0 aliphatic rings. The Morgan fingerprint density at radius 2 is 1.66 bits per heavy atom. The molecule has 0 aliphatic carbocycles. The highest BCUT2D eigenvalue weighted by Crippen LogP contribution is 2.34. The van der Waals surface area contributed by atoms with Crippen molar-refractivity contribution >= 4 is 46.8 Å². The lowest BCUT2D eigenvalue weighted by Gasteiger charge is -2.15. The van der Waals surface area contributed by atoms with Gasteiger partial charge in [0.05, 0.1) is 15.7 Å². The molecule has 0 fully saturated rings. The highest BCUT2D eigenvalue weighted by molar-refractivity contribution is 7.71. The summed E-state index contributed by atoms with van der Waals surface area (Å²) in [6.45, 7) is 0. The lowest BCUT2D eigenvalue weighted by Crippen LogP contribution is -2.05. The molecule has 4 rings (SSSR count). The third kappa shape index (κ3) is 4.19. The van der Waals surface area contributed by atoms with Crippen LogP contribution in [0.25, 0.3) is 5.69 Å². The molecule has 146 valence electrons. The Labute approximate surface area is 181 Å². The second-order valence-electron chi connectivity index (χ2n) is 6.31. The Morgan fingerprint density at radius 3 is 2.38 bits per heavy atom. The maximum atomic E-state index is 13.3. The minimum absolute atomic E-state index is 0.309. The molecular weight excluding hydrogens is 430 g/mol. The number of anilines is 2. The first-order valence-electron chi connectivity index (χ1n) is 8.74. The van der Waals surface area contributed by atoms with Gasteiger partial charge in [0.15, 0.2) is 4.77 Å². The van der Waals surface area contributed by atoms with Crippen LogP contribution in [0.2, 0.25) is 10.0 Å². The van der Waals surface area contributed by atoms with Crippen molar-refractivity contribution in [1.82, 2.24) is 14.8 Å². The molecule has 3 aromatic carbocycles. The number of para-hydroxylation sites is 2. The predicted molar refractivity (Wildman–Crippen MR) is 118 cm³/mol. The predicted octanol–water partition coefficient (Wildman–Crippen LogP) is 6.71. The first-order chi connectivity index (χ1) is 14.0. The minimum atomic E-state index is -0.309. The van der Waals surface area contributed by atoms with Crippen molar-refractivity contribution < 1.29 is 4.39 Å². The number of hydrogen-bond acceptors (Lipinski definition) is 3. The maximum absolute atomic E-state index is 13.3. The second kappa shape index (κ2) is 8.37. The van der Waals surface area contributed by atoms with Crippen molar-refractivity contribution in [2.24, 2.45) is 0 Å². The van der Waals surface area contributed by atoms with Crippen LogP contribution in [0.15, 0.2) is 66.7 Å². The number of benzene rings is 3. The number of halogens is 3. The Hall–Kier alpha value is -2.67. The molecule has 0 radical (unpaired) electrons. The van der Waals surface area contributed by atoms with Crippen LogP contribution in [0.5, 0.6) is 0 Å². The average molecular weight is 445 g/mol. The summed E-state index contributed by atoms with van der Waals surface area (Å²) in [5.41, 5.74) is 3.20. The minimum Gasteiger partial charge on any atom is -0.353 e. The summed E-state index contributed by atoms with van der Waals surface area (Å²) in [5.74, 6) is 0.387. The van der Waals surface area contributed by atoms with Gasteiger partial charge in [0, 0.05) is 17.8 Å². The van der Waals surface area contributed by atoms with E-state index in [2.05, 4.69) is 15.5 Å². The van der Waals surface area contributed by atoms with Crippen molar-refractivity contribution in [2.45, 2.75) is 6.42 Å². The molecule has 29 heavy (non-hydrogen) atoms. The number of nitrogens with zero attached hydrogens (tertiary/aromatic N) is 2. The van der Waals surface area contributed by atoms with Crippen LogP contribution in [0.1, 0.15) is 11.4 Å². The molecule has 0 saturated carbocycles. The van der Waals surface area contributed by atoms with Crippen LogP contribution in [0, 0.1) is 10.6 Å². The van der Waals surface area contributed by atoms with Gasteiger partial charge in [0.2, 0.25) is 0 Å². The third-order valence-electron chi connectivity index (χ3n) is 4.41. The molecule has 0 saturated heterocycles. The zero-order valence-electron chi connectivity index (χ0n) is 15.0. The van der Waals surface area contributed by atoms with Crippen LogP contribution >= 0.6 is 35.4 Å². The number of rotatable bonds is 5. The fourth-order valence-electron chi connectivity index (χ4n) is 3.02. The van der Waals surface area contributed by atoms with Gasteiger partial charge in [-0.05, 0) is 60.2 Å². The van der Waals surface area contributed by atoms with E-state index in [1.165, 1.54) is 12.1 Å². The Kier molecular flexibility index (Phi) is 5.67. The van der Waals surface area contributed by atoms with Crippen molar-refractivity contribution in [3.63, 3.8) is 0 Å². The van der Waals surface area contributed by atoms with Crippen LogP contribution in [-0.2, 0) is 6.42 Å². The van der Waals surface area contributed by atoms with E-state index in [4.69, 9.17) is 35.4 Å². The third-order valence-corrected chi connectivity index (χ3v) is 5.32. The lowest BCUT2D eigenvalue weighted by molar-refractivity contribution is 0.627. The van der Waals surface area contributed by atoms with E-state index in [1.54, 1.807) is 34.9 Å².